The van der Waals surface area contributed by atoms with Crippen LogP contribution < -0.4 is 10.0 Å². The molecular formula is C17H17FN6O3S. The van der Waals surface area contributed by atoms with Crippen LogP contribution >= 0.6 is 0 Å². The summed E-state index contributed by atoms with van der Waals surface area (Å²) in [4.78, 5) is 16.3. The Balaban J connectivity index is 2.04. The average molecular weight is 404 g/mol. The first-order valence-electron chi connectivity index (χ1n) is 8.13. The Labute approximate surface area is 160 Å². The van der Waals surface area contributed by atoms with Crippen LogP contribution in [0, 0.1) is 22.1 Å². The van der Waals surface area contributed by atoms with Crippen molar-refractivity contribution in [2.24, 2.45) is 7.05 Å². The lowest BCUT2D eigenvalue weighted by molar-refractivity contribution is 0.101. The van der Waals surface area contributed by atoms with E-state index >= 15 is 0 Å². The Morgan fingerprint density at radius 2 is 2.29 bits per heavy atom. The Morgan fingerprint density at radius 1 is 1.57 bits per heavy atom. The first-order chi connectivity index (χ1) is 13.1. The molecule has 146 valence electrons. The van der Waals surface area contributed by atoms with Gasteiger partial charge in [-0.05, 0) is 13.0 Å². The monoisotopic (exact) mass is 404 g/mol. The predicted octanol–water partition coefficient (Wildman–Crippen LogP) is 1.37. The van der Waals surface area contributed by atoms with Crippen molar-refractivity contribution in [2.75, 3.05) is 5.32 Å². The minimum Gasteiger partial charge on any atom is -0.391 e. The van der Waals surface area contributed by atoms with E-state index in [0.29, 0.717) is 0 Å². The molecule has 0 aliphatic carbocycles. The summed E-state index contributed by atoms with van der Waals surface area (Å²) in [6, 6.07) is 3.15. The summed E-state index contributed by atoms with van der Waals surface area (Å²) >= 11 is 0. The minimum absolute atomic E-state index is 0.0354. The highest BCUT2D eigenvalue weighted by molar-refractivity contribution is 7.90. The highest BCUT2D eigenvalue weighted by atomic mass is 32.2. The summed E-state index contributed by atoms with van der Waals surface area (Å²) in [7, 11) is -1.94. The molecule has 0 saturated carbocycles. The molecule has 1 aliphatic heterocycles. The van der Waals surface area contributed by atoms with Crippen LogP contribution in [0.1, 0.15) is 28.7 Å². The molecule has 9 nitrogen and oxygen atoms in total. The zero-order valence-electron chi connectivity index (χ0n) is 14.9. The van der Waals surface area contributed by atoms with Gasteiger partial charge in [0.2, 0.25) is 5.95 Å². The number of amides is 1. The molecular weight excluding hydrogens is 387 g/mol. The number of carbonyl (C=O) groups excluding carboxylic acids is 1. The second-order valence-electron chi connectivity index (χ2n) is 6.30. The van der Waals surface area contributed by atoms with E-state index in [-0.39, 0.29) is 27.5 Å². The maximum atomic E-state index is 13.5. The summed E-state index contributed by atoms with van der Waals surface area (Å²) in [5, 5.41) is 21.1. The van der Waals surface area contributed by atoms with Gasteiger partial charge in [-0.3, -0.25) is 4.79 Å². The molecule has 0 spiro atoms. The van der Waals surface area contributed by atoms with Crippen molar-refractivity contribution >= 4 is 27.6 Å². The number of nitrogens with zero attached hydrogens (tertiary/aromatic N) is 3. The average Bonchev–Trinajstić information content (AvgIpc) is 2.88. The van der Waals surface area contributed by atoms with Gasteiger partial charge in [-0.2, -0.15) is 9.65 Å². The lowest BCUT2D eigenvalue weighted by Crippen LogP contribution is -2.39. The molecule has 0 aromatic carbocycles. The molecule has 4 N–H and O–H groups in total. The predicted molar refractivity (Wildman–Crippen MR) is 99.0 cm³/mol. The van der Waals surface area contributed by atoms with Crippen LogP contribution in [0.4, 0.5) is 10.1 Å². The van der Waals surface area contributed by atoms with Gasteiger partial charge in [-0.1, -0.05) is 12.2 Å². The maximum absolute atomic E-state index is 13.5. The van der Waals surface area contributed by atoms with E-state index in [4.69, 9.17) is 10.0 Å². The normalized spacial score (nSPS) is 22.0. The lowest BCUT2D eigenvalue weighted by atomic mass is 10.1. The molecule has 0 bridgehead atoms. The molecule has 2 aromatic rings. The highest BCUT2D eigenvalue weighted by Gasteiger charge is 2.29. The topological polar surface area (TPSA) is 144 Å². The van der Waals surface area contributed by atoms with Crippen molar-refractivity contribution in [3.05, 3.63) is 47.3 Å². The van der Waals surface area contributed by atoms with Crippen LogP contribution in [0.3, 0.4) is 0 Å². The fourth-order valence-corrected chi connectivity index (χ4v) is 4.43. The number of aliphatic hydroxyl groups excluding tert-OH is 1. The maximum Gasteiger partial charge on any atom is 0.272 e. The number of aliphatic hydroxyl groups is 1. The Morgan fingerprint density at radius 3 is 2.93 bits per heavy atom. The molecule has 0 saturated heterocycles. The summed E-state index contributed by atoms with van der Waals surface area (Å²) in [5.41, 5.74) is 0.188. The van der Waals surface area contributed by atoms with Gasteiger partial charge in [0.1, 0.15) is 27.4 Å². The van der Waals surface area contributed by atoms with Gasteiger partial charge in [0.15, 0.2) is 0 Å². The Hall–Kier alpha value is -3.07. The van der Waals surface area contributed by atoms with Crippen molar-refractivity contribution in [1.82, 2.24) is 14.3 Å². The third kappa shape index (κ3) is 3.65. The van der Waals surface area contributed by atoms with Gasteiger partial charge in [-0.25, -0.2) is 18.7 Å². The quantitative estimate of drug-likeness (QED) is 0.571. The Kier molecular flexibility index (Phi) is 5.03. The van der Waals surface area contributed by atoms with Crippen molar-refractivity contribution in [3.8, 4) is 6.07 Å². The van der Waals surface area contributed by atoms with Gasteiger partial charge in [-0.15, -0.1) is 0 Å². The van der Waals surface area contributed by atoms with Crippen LogP contribution in [-0.2, 0) is 17.0 Å². The SMILES string of the molecule is CC(O)C1C=Cc2c(cn(C)c2C(=O)Nc2cc(F)nc(C#N)c2)S(=N)(=O)N1. The molecule has 3 heterocycles. The number of anilines is 1. The fraction of sp³-hybridized carbons (Fsp3) is 0.235. The van der Waals surface area contributed by atoms with Crippen molar-refractivity contribution < 1.29 is 18.5 Å². The first-order valence-corrected chi connectivity index (χ1v) is 9.69. The van der Waals surface area contributed by atoms with Crippen LogP contribution in [0.15, 0.2) is 29.3 Å². The van der Waals surface area contributed by atoms with E-state index in [1.165, 1.54) is 35.9 Å². The molecule has 3 atom stereocenters. The Bertz CT molecular complexity index is 1130. The minimum atomic E-state index is -3.48. The number of hydrogen-bond acceptors (Lipinski definition) is 6. The lowest BCUT2D eigenvalue weighted by Gasteiger charge is -2.17. The summed E-state index contributed by atoms with van der Waals surface area (Å²) in [5.74, 6) is -1.56. The number of fused-ring (bicyclic) bond motifs is 1. The van der Waals surface area contributed by atoms with Crippen LogP contribution in [0.2, 0.25) is 0 Å². The van der Waals surface area contributed by atoms with Gasteiger partial charge in [0, 0.05) is 30.6 Å². The van der Waals surface area contributed by atoms with E-state index in [1.54, 1.807) is 13.1 Å². The smallest absolute Gasteiger partial charge is 0.272 e. The fourth-order valence-electron chi connectivity index (χ4n) is 2.86. The second-order valence-corrected chi connectivity index (χ2v) is 8.08. The number of nitrogens with one attached hydrogen (secondary N) is 3. The third-order valence-electron chi connectivity index (χ3n) is 4.17. The standard InChI is InChI=1S/C17H17FN6O3S/c1-9(25)13-4-3-12-14(28(20,27)23-13)8-24(2)16(12)17(26)22-10-5-11(7-19)21-15(18)6-10/h3-6,8-9,13,25H,1-2H3,(H2,20,23,27)(H,21,22,26). The van der Waals surface area contributed by atoms with Crippen LogP contribution in [0.25, 0.3) is 6.08 Å². The zero-order chi connectivity index (χ0) is 20.6. The molecule has 1 amide bonds. The molecule has 0 radical (unpaired) electrons. The van der Waals surface area contributed by atoms with E-state index in [2.05, 4.69) is 15.0 Å². The van der Waals surface area contributed by atoms with Gasteiger partial charge in [0.25, 0.3) is 5.91 Å². The van der Waals surface area contributed by atoms with Gasteiger partial charge in [0.05, 0.1) is 17.0 Å². The van der Waals surface area contributed by atoms with E-state index < -0.39 is 33.9 Å². The number of hydrogen-bond donors (Lipinski definition) is 4. The molecule has 3 unspecified atom stereocenters. The third-order valence-corrected chi connectivity index (χ3v) is 5.72. The molecule has 11 heteroatoms. The summed E-state index contributed by atoms with van der Waals surface area (Å²) in [6.45, 7) is 1.49. The molecule has 2 aromatic heterocycles. The highest BCUT2D eigenvalue weighted by Crippen LogP contribution is 2.28. The number of aromatic nitrogens is 2. The number of nitriles is 1. The van der Waals surface area contributed by atoms with Crippen molar-refractivity contribution in [1.29, 1.82) is 10.0 Å². The van der Waals surface area contributed by atoms with E-state index in [9.17, 15) is 18.5 Å². The van der Waals surface area contributed by atoms with Crippen molar-refractivity contribution in [3.63, 3.8) is 0 Å². The molecule has 1 aliphatic rings. The van der Waals surface area contributed by atoms with Gasteiger partial charge < -0.3 is 15.0 Å². The van der Waals surface area contributed by atoms with E-state index in [0.717, 1.165) is 6.07 Å². The number of aryl methyl sites for hydroxylation is 1. The molecule has 0 fully saturated rings. The second kappa shape index (κ2) is 7.16. The zero-order valence-corrected chi connectivity index (χ0v) is 15.7. The largest absolute Gasteiger partial charge is 0.391 e. The number of rotatable bonds is 3. The first kappa shape index (κ1) is 19.7. The van der Waals surface area contributed by atoms with Gasteiger partial charge >= 0.3 is 0 Å². The van der Waals surface area contributed by atoms with Crippen molar-refractivity contribution in [2.45, 2.75) is 24.0 Å². The summed E-state index contributed by atoms with van der Waals surface area (Å²) in [6.07, 6.45) is 3.54. The number of carbonyl (C=O) groups is 1. The van der Waals surface area contributed by atoms with E-state index in [1.807, 2.05) is 0 Å². The number of halogens is 1. The molecule has 3 rings (SSSR count). The summed E-state index contributed by atoms with van der Waals surface area (Å²) < 4.78 is 38.5. The van der Waals surface area contributed by atoms with Crippen LogP contribution in [-0.4, -0.2) is 36.9 Å². The van der Waals surface area contributed by atoms with Crippen LogP contribution in [0.5, 0.6) is 0 Å². The molecule has 28 heavy (non-hydrogen) atoms. The number of pyridine rings is 1.